The van der Waals surface area contributed by atoms with Crippen LogP contribution in [0.25, 0.3) is 0 Å². The second-order valence-corrected chi connectivity index (χ2v) is 8.62. The van der Waals surface area contributed by atoms with Crippen molar-refractivity contribution < 1.29 is 17.9 Å². The fraction of sp³-hybridized carbons (Fsp3) is 0.174. The Hall–Kier alpha value is -3.32. The third kappa shape index (κ3) is 5.61. The van der Waals surface area contributed by atoms with Crippen molar-refractivity contribution in [2.24, 2.45) is 0 Å². The highest BCUT2D eigenvalue weighted by molar-refractivity contribution is 7.92. The third-order valence-electron chi connectivity index (χ3n) is 4.46. The molecule has 0 heterocycles. The maximum Gasteiger partial charge on any atom is 0.264 e. The normalized spacial score (nSPS) is 11.0. The smallest absolute Gasteiger partial charge is 0.264 e. The average Bonchev–Trinajstić information content (AvgIpc) is 2.77. The van der Waals surface area contributed by atoms with E-state index in [-0.39, 0.29) is 17.2 Å². The SMILES string of the molecule is CN(c1ccccc1)S(=O)(=O)c1cccc(NC(=O)CCCOc2ccccc2)c1. The fourth-order valence-corrected chi connectivity index (χ4v) is 4.07. The molecule has 156 valence electrons. The van der Waals surface area contributed by atoms with E-state index in [4.69, 9.17) is 4.74 Å². The molecule has 3 rings (SSSR count). The molecule has 0 saturated heterocycles. The summed E-state index contributed by atoms with van der Waals surface area (Å²) in [6.07, 6.45) is 0.823. The number of anilines is 2. The van der Waals surface area contributed by atoms with Gasteiger partial charge < -0.3 is 10.1 Å². The Kier molecular flexibility index (Phi) is 7.08. The lowest BCUT2D eigenvalue weighted by molar-refractivity contribution is -0.116. The van der Waals surface area contributed by atoms with Gasteiger partial charge in [0, 0.05) is 19.2 Å². The number of sulfonamides is 1. The van der Waals surface area contributed by atoms with Crippen LogP contribution in [-0.2, 0) is 14.8 Å². The van der Waals surface area contributed by atoms with Gasteiger partial charge in [-0.3, -0.25) is 9.10 Å². The zero-order chi connectivity index (χ0) is 21.4. The maximum absolute atomic E-state index is 12.9. The number of nitrogens with one attached hydrogen (secondary N) is 1. The number of carbonyl (C=O) groups is 1. The number of nitrogens with zero attached hydrogens (tertiary/aromatic N) is 1. The molecule has 0 aliphatic rings. The second kappa shape index (κ2) is 9.93. The van der Waals surface area contributed by atoms with Crippen molar-refractivity contribution in [3.63, 3.8) is 0 Å². The van der Waals surface area contributed by atoms with Crippen molar-refractivity contribution in [3.05, 3.63) is 84.9 Å². The van der Waals surface area contributed by atoms with Crippen LogP contribution in [-0.4, -0.2) is 28.0 Å². The zero-order valence-electron chi connectivity index (χ0n) is 16.7. The molecular weight excluding hydrogens is 400 g/mol. The summed E-state index contributed by atoms with van der Waals surface area (Å²) in [6.45, 7) is 0.424. The predicted molar refractivity (Wildman–Crippen MR) is 118 cm³/mol. The van der Waals surface area contributed by atoms with E-state index in [0.717, 1.165) is 5.75 Å². The molecule has 0 unspecified atom stereocenters. The van der Waals surface area contributed by atoms with Crippen LogP contribution >= 0.6 is 0 Å². The molecule has 0 aliphatic carbocycles. The summed E-state index contributed by atoms with van der Waals surface area (Å²) in [5.74, 6) is 0.566. The number of carbonyl (C=O) groups excluding carboxylic acids is 1. The van der Waals surface area contributed by atoms with E-state index in [1.54, 1.807) is 36.4 Å². The lowest BCUT2D eigenvalue weighted by atomic mass is 10.2. The summed E-state index contributed by atoms with van der Waals surface area (Å²) in [4.78, 5) is 12.3. The summed E-state index contributed by atoms with van der Waals surface area (Å²) in [5, 5.41) is 2.75. The van der Waals surface area contributed by atoms with Crippen LogP contribution in [0.15, 0.2) is 89.8 Å². The molecule has 0 radical (unpaired) electrons. The number of benzene rings is 3. The number of hydrogen-bond donors (Lipinski definition) is 1. The van der Waals surface area contributed by atoms with Crippen LogP contribution in [0.2, 0.25) is 0 Å². The molecule has 1 amide bonds. The summed E-state index contributed by atoms with van der Waals surface area (Å²) in [7, 11) is -2.24. The van der Waals surface area contributed by atoms with E-state index in [2.05, 4.69) is 5.32 Å². The number of hydrogen-bond acceptors (Lipinski definition) is 4. The fourth-order valence-electron chi connectivity index (χ4n) is 2.83. The van der Waals surface area contributed by atoms with Gasteiger partial charge in [0.25, 0.3) is 10.0 Å². The van der Waals surface area contributed by atoms with Gasteiger partial charge in [0.15, 0.2) is 0 Å². The second-order valence-electron chi connectivity index (χ2n) is 6.65. The van der Waals surface area contributed by atoms with Crippen molar-refractivity contribution in [3.8, 4) is 5.75 Å². The van der Waals surface area contributed by atoms with E-state index in [1.165, 1.54) is 23.5 Å². The molecule has 30 heavy (non-hydrogen) atoms. The molecule has 0 aromatic heterocycles. The van der Waals surface area contributed by atoms with Crippen LogP contribution in [0.3, 0.4) is 0 Å². The quantitative estimate of drug-likeness (QED) is 0.520. The summed E-state index contributed by atoms with van der Waals surface area (Å²) < 4.78 is 32.6. The van der Waals surface area contributed by atoms with Gasteiger partial charge in [-0.2, -0.15) is 0 Å². The van der Waals surface area contributed by atoms with E-state index < -0.39 is 10.0 Å². The third-order valence-corrected chi connectivity index (χ3v) is 6.24. The Balaban J connectivity index is 1.57. The zero-order valence-corrected chi connectivity index (χ0v) is 17.5. The highest BCUT2D eigenvalue weighted by atomic mass is 32.2. The summed E-state index contributed by atoms with van der Waals surface area (Å²) >= 11 is 0. The summed E-state index contributed by atoms with van der Waals surface area (Å²) in [5.41, 5.74) is 0.997. The van der Waals surface area contributed by atoms with E-state index >= 15 is 0 Å². The first-order valence-corrected chi connectivity index (χ1v) is 11.0. The first kappa shape index (κ1) is 21.4. The summed E-state index contributed by atoms with van der Waals surface area (Å²) in [6, 6.07) is 24.5. The Bertz CT molecular complexity index is 1070. The molecule has 1 N–H and O–H groups in total. The molecule has 0 bridgehead atoms. The minimum absolute atomic E-state index is 0.110. The van der Waals surface area contributed by atoms with Crippen molar-refractivity contribution in [1.82, 2.24) is 0 Å². The Morgan fingerprint density at radius 1 is 0.933 bits per heavy atom. The van der Waals surface area contributed by atoms with Gasteiger partial charge in [-0.15, -0.1) is 0 Å². The van der Waals surface area contributed by atoms with Gasteiger partial charge in [0.2, 0.25) is 5.91 Å². The standard InChI is InChI=1S/C23H24N2O4S/c1-25(20-11-4-2-5-12-20)30(27,28)22-15-8-10-19(18-22)24-23(26)16-9-17-29-21-13-6-3-7-14-21/h2-8,10-15,18H,9,16-17H2,1H3,(H,24,26). The highest BCUT2D eigenvalue weighted by Crippen LogP contribution is 2.23. The first-order chi connectivity index (χ1) is 14.5. The molecule has 0 saturated carbocycles. The molecule has 3 aromatic rings. The number of rotatable bonds is 9. The maximum atomic E-state index is 12.9. The van der Waals surface area contributed by atoms with Crippen LogP contribution in [0.4, 0.5) is 11.4 Å². The number of amides is 1. The van der Waals surface area contributed by atoms with Gasteiger partial charge in [-0.1, -0.05) is 42.5 Å². The van der Waals surface area contributed by atoms with Crippen LogP contribution in [0.5, 0.6) is 5.75 Å². The van der Waals surface area contributed by atoms with Crippen molar-refractivity contribution in [2.45, 2.75) is 17.7 Å². The molecule has 6 nitrogen and oxygen atoms in total. The minimum atomic E-state index is -3.74. The van der Waals surface area contributed by atoms with Gasteiger partial charge in [-0.25, -0.2) is 8.42 Å². The van der Waals surface area contributed by atoms with Crippen molar-refractivity contribution in [2.75, 3.05) is 23.3 Å². The Labute approximate surface area is 177 Å². The molecule has 0 fully saturated rings. The van der Waals surface area contributed by atoms with E-state index in [1.807, 2.05) is 36.4 Å². The van der Waals surface area contributed by atoms with Gasteiger partial charge in [0.05, 0.1) is 17.2 Å². The molecule has 7 heteroatoms. The predicted octanol–water partition coefficient (Wildman–Crippen LogP) is 4.31. The van der Waals surface area contributed by atoms with Crippen LogP contribution < -0.4 is 14.4 Å². The van der Waals surface area contributed by atoms with E-state index in [9.17, 15) is 13.2 Å². The number of ether oxygens (including phenoxy) is 1. The van der Waals surface area contributed by atoms with Gasteiger partial charge in [0.1, 0.15) is 5.75 Å². The van der Waals surface area contributed by atoms with Gasteiger partial charge >= 0.3 is 0 Å². The molecule has 0 atom stereocenters. The monoisotopic (exact) mass is 424 g/mol. The largest absolute Gasteiger partial charge is 0.494 e. The van der Waals surface area contributed by atoms with Crippen molar-refractivity contribution >= 4 is 27.3 Å². The van der Waals surface area contributed by atoms with Gasteiger partial charge in [-0.05, 0) is 48.9 Å². The highest BCUT2D eigenvalue weighted by Gasteiger charge is 2.21. The molecule has 0 spiro atoms. The molecular formula is C23H24N2O4S. The van der Waals surface area contributed by atoms with Crippen LogP contribution in [0, 0.1) is 0 Å². The topological polar surface area (TPSA) is 75.7 Å². The lowest BCUT2D eigenvalue weighted by Gasteiger charge is -2.19. The molecule has 0 aliphatic heterocycles. The average molecular weight is 425 g/mol. The Morgan fingerprint density at radius 2 is 1.60 bits per heavy atom. The lowest BCUT2D eigenvalue weighted by Crippen LogP contribution is -2.26. The first-order valence-electron chi connectivity index (χ1n) is 9.58. The Morgan fingerprint density at radius 3 is 2.30 bits per heavy atom. The van der Waals surface area contributed by atoms with Crippen LogP contribution in [0.1, 0.15) is 12.8 Å². The van der Waals surface area contributed by atoms with E-state index in [0.29, 0.717) is 24.4 Å². The number of para-hydroxylation sites is 2. The molecule has 3 aromatic carbocycles. The van der Waals surface area contributed by atoms with Crippen molar-refractivity contribution in [1.29, 1.82) is 0 Å². The minimum Gasteiger partial charge on any atom is -0.494 e.